The number of carbonyl (C=O) groups excluding carboxylic acids is 2. The fraction of sp³-hybridized carbons (Fsp3) is 0.500. The Bertz CT molecular complexity index is 742. The van der Waals surface area contributed by atoms with Crippen LogP contribution in [0.3, 0.4) is 0 Å². The van der Waals surface area contributed by atoms with Crippen LogP contribution in [0.1, 0.15) is 6.42 Å². The van der Waals surface area contributed by atoms with Crippen molar-refractivity contribution in [3.63, 3.8) is 0 Å². The van der Waals surface area contributed by atoms with Gasteiger partial charge in [0.1, 0.15) is 12.3 Å². The molecule has 0 aliphatic carbocycles. The summed E-state index contributed by atoms with van der Waals surface area (Å²) in [5.41, 5.74) is 5.07. The molecule has 3 rings (SSSR count). The Morgan fingerprint density at radius 1 is 1.38 bits per heavy atom. The van der Waals surface area contributed by atoms with E-state index >= 15 is 0 Å². The summed E-state index contributed by atoms with van der Waals surface area (Å²) in [7, 11) is -5.24. The molecule has 0 saturated carbocycles. The molecular formula is C10H10N5O8P-2. The van der Waals surface area contributed by atoms with E-state index in [0.29, 0.717) is 0 Å². The average Bonchev–Trinajstić information content (AvgIpc) is 2.96. The normalized spacial score (nSPS) is 30.2. The Kier molecular flexibility index (Phi) is 4.07. The van der Waals surface area contributed by atoms with E-state index < -0.39 is 44.8 Å². The third-order valence-corrected chi connectivity index (χ3v) is 3.85. The van der Waals surface area contributed by atoms with Crippen LogP contribution in [0.4, 0.5) is 4.79 Å². The Morgan fingerprint density at radius 3 is 2.75 bits per heavy atom. The maximum absolute atomic E-state index is 12.0. The van der Waals surface area contributed by atoms with Gasteiger partial charge in [-0.3, -0.25) is 4.79 Å². The average molecular weight is 359 g/mol. The third kappa shape index (κ3) is 3.13. The van der Waals surface area contributed by atoms with Gasteiger partial charge in [0, 0.05) is 6.42 Å². The fourth-order valence-electron chi connectivity index (χ4n) is 2.39. The minimum absolute atomic E-state index is 0.144. The highest BCUT2D eigenvalue weighted by Crippen LogP contribution is 2.31. The van der Waals surface area contributed by atoms with Gasteiger partial charge >= 0.3 is 11.9 Å². The Morgan fingerprint density at radius 2 is 2.08 bits per heavy atom. The van der Waals surface area contributed by atoms with Crippen molar-refractivity contribution >= 4 is 37.3 Å². The van der Waals surface area contributed by atoms with Crippen LogP contribution in [0.2, 0.25) is 0 Å². The molecule has 130 valence electrons. The second-order valence-electron chi connectivity index (χ2n) is 5.00. The van der Waals surface area contributed by atoms with Crippen LogP contribution in [0.15, 0.2) is 15.0 Å². The zero-order valence-corrected chi connectivity index (χ0v) is 12.7. The van der Waals surface area contributed by atoms with E-state index in [1.54, 1.807) is 0 Å². The summed E-state index contributed by atoms with van der Waals surface area (Å²) in [4.78, 5) is 56.2. The lowest BCUT2D eigenvalue weighted by Gasteiger charge is -2.30. The van der Waals surface area contributed by atoms with Crippen LogP contribution in [-0.2, 0) is 18.6 Å². The first-order valence-electron chi connectivity index (χ1n) is 6.55. The highest BCUT2D eigenvalue weighted by molar-refractivity contribution is 7.43. The molecular weight excluding hydrogens is 349 g/mol. The first-order valence-corrected chi connectivity index (χ1v) is 8.01. The van der Waals surface area contributed by atoms with E-state index in [0.717, 1.165) is 4.90 Å². The second-order valence-corrected chi connectivity index (χ2v) is 6.15. The molecule has 0 aromatic heterocycles. The number of ether oxygens (including phenoxy) is 1. The number of urea groups is 1. The van der Waals surface area contributed by atoms with Gasteiger partial charge in [-0.2, -0.15) is 15.0 Å². The van der Waals surface area contributed by atoms with Crippen molar-refractivity contribution < 1.29 is 38.3 Å². The van der Waals surface area contributed by atoms with Gasteiger partial charge in [-0.1, -0.05) is 0 Å². The zero-order valence-electron chi connectivity index (χ0n) is 11.8. The number of phosphoric acid groups is 1. The number of aliphatic hydroxyl groups excluding tert-OH is 1. The number of hydrogen-bond donors (Lipinski definition) is 2. The molecule has 0 aromatic rings. The molecule has 0 spiro atoms. The van der Waals surface area contributed by atoms with Crippen molar-refractivity contribution in [2.75, 3.05) is 6.61 Å². The number of guanidine groups is 1. The maximum Gasteiger partial charge on any atom is 0.352 e. The number of phosphoric ester groups is 1. The molecule has 24 heavy (non-hydrogen) atoms. The SMILES string of the molecule is NC1=NC(=O)C2=NC(=O)N([C@H]3C[C@H](O)[C@@H](COP(=O)([O-])[O-])O3)C2=N1. The summed E-state index contributed by atoms with van der Waals surface area (Å²) in [5, 5.41) is 9.87. The van der Waals surface area contributed by atoms with Crippen molar-refractivity contribution in [2.45, 2.75) is 24.9 Å². The Labute approximate surface area is 133 Å². The van der Waals surface area contributed by atoms with Crippen LogP contribution < -0.4 is 15.5 Å². The molecule has 0 bridgehead atoms. The smallest absolute Gasteiger partial charge is 0.352 e. The van der Waals surface area contributed by atoms with Crippen molar-refractivity contribution in [2.24, 2.45) is 20.7 Å². The topological polar surface area (TPSA) is 202 Å². The first-order chi connectivity index (χ1) is 11.2. The monoisotopic (exact) mass is 359 g/mol. The lowest BCUT2D eigenvalue weighted by atomic mass is 10.2. The molecule has 0 radical (unpaired) electrons. The molecule has 3 atom stereocenters. The van der Waals surface area contributed by atoms with Crippen LogP contribution in [0.25, 0.3) is 0 Å². The van der Waals surface area contributed by atoms with Crippen LogP contribution in [0, 0.1) is 0 Å². The molecule has 0 aromatic carbocycles. The van der Waals surface area contributed by atoms with Crippen molar-refractivity contribution in [3.05, 3.63) is 0 Å². The van der Waals surface area contributed by atoms with Gasteiger partial charge in [0.25, 0.3) is 0 Å². The molecule has 3 aliphatic heterocycles. The number of aliphatic hydroxyl groups is 1. The van der Waals surface area contributed by atoms with E-state index in [1.165, 1.54) is 0 Å². The highest BCUT2D eigenvalue weighted by Gasteiger charge is 2.47. The second kappa shape index (κ2) is 5.81. The van der Waals surface area contributed by atoms with Gasteiger partial charge in [0.05, 0.1) is 20.5 Å². The summed E-state index contributed by atoms with van der Waals surface area (Å²) in [6.07, 6.45) is -3.63. The molecule has 1 fully saturated rings. The summed E-state index contributed by atoms with van der Waals surface area (Å²) >= 11 is 0. The van der Waals surface area contributed by atoms with E-state index in [4.69, 9.17) is 10.5 Å². The summed E-state index contributed by atoms with van der Waals surface area (Å²) in [6, 6.07) is -0.876. The number of carbonyl (C=O) groups is 2. The number of rotatable bonds is 4. The number of hydrogen-bond acceptors (Lipinski definition) is 10. The quantitative estimate of drug-likeness (QED) is 0.476. The van der Waals surface area contributed by atoms with Gasteiger partial charge in [-0.15, -0.1) is 0 Å². The number of nitrogens with zero attached hydrogens (tertiary/aromatic N) is 4. The number of amidine groups is 1. The maximum atomic E-state index is 12.0. The highest BCUT2D eigenvalue weighted by atomic mass is 31.2. The number of amides is 3. The standard InChI is InChI=1S/C10H12N5O8P/c11-9-13-7-6(8(17)14-9)12-10(18)15(7)5-1-3(16)4(23-5)2-22-24(19,20)21/h3-5,16H,1-2H2,(H2,11,14,17)(H2,19,20,21)/p-2/t3-,4+,5+/m0/s1. The summed E-state index contributed by atoms with van der Waals surface area (Å²) in [5.74, 6) is -1.38. The predicted molar refractivity (Wildman–Crippen MR) is 71.6 cm³/mol. The van der Waals surface area contributed by atoms with Gasteiger partial charge < -0.3 is 34.5 Å². The Hall–Kier alpha value is -2.02. The lowest BCUT2D eigenvalue weighted by Crippen LogP contribution is -2.45. The van der Waals surface area contributed by atoms with Crippen LogP contribution in [-0.4, -0.2) is 64.5 Å². The number of fused-ring (bicyclic) bond motifs is 1. The largest absolute Gasteiger partial charge is 0.790 e. The van der Waals surface area contributed by atoms with E-state index in [2.05, 4.69) is 19.5 Å². The van der Waals surface area contributed by atoms with Crippen LogP contribution >= 0.6 is 7.82 Å². The molecule has 14 heteroatoms. The molecule has 3 heterocycles. The zero-order chi connectivity index (χ0) is 17.6. The number of aliphatic imine (C=N–C) groups is 3. The minimum Gasteiger partial charge on any atom is -0.790 e. The van der Waals surface area contributed by atoms with Crippen LogP contribution in [0.5, 0.6) is 0 Å². The number of nitrogens with two attached hydrogens (primary N) is 1. The predicted octanol–water partition coefficient (Wildman–Crippen LogP) is -3.56. The lowest BCUT2D eigenvalue weighted by molar-refractivity contribution is -0.343. The van der Waals surface area contributed by atoms with Crippen molar-refractivity contribution in [3.8, 4) is 0 Å². The van der Waals surface area contributed by atoms with E-state index in [-0.39, 0.29) is 23.9 Å². The molecule has 1 saturated heterocycles. The van der Waals surface area contributed by atoms with Crippen molar-refractivity contribution in [1.82, 2.24) is 4.90 Å². The molecule has 13 nitrogen and oxygen atoms in total. The van der Waals surface area contributed by atoms with Crippen molar-refractivity contribution in [1.29, 1.82) is 0 Å². The fourth-order valence-corrected chi connectivity index (χ4v) is 2.72. The molecule has 3 amide bonds. The van der Waals surface area contributed by atoms with Gasteiger partial charge in [-0.25, -0.2) is 9.69 Å². The van der Waals surface area contributed by atoms with Gasteiger partial charge in [0.15, 0.2) is 11.5 Å². The van der Waals surface area contributed by atoms with Gasteiger partial charge in [0.2, 0.25) is 5.96 Å². The Balaban J connectivity index is 1.76. The third-order valence-electron chi connectivity index (χ3n) is 3.38. The molecule has 3 aliphatic rings. The minimum atomic E-state index is -5.24. The van der Waals surface area contributed by atoms with E-state index in [9.17, 15) is 29.0 Å². The van der Waals surface area contributed by atoms with E-state index in [1.807, 2.05) is 0 Å². The van der Waals surface area contributed by atoms with Gasteiger partial charge in [-0.05, 0) is 0 Å². The summed E-state index contributed by atoms with van der Waals surface area (Å²) < 4.78 is 19.9. The first kappa shape index (κ1) is 16.8. The molecule has 3 N–H and O–H groups in total. The summed E-state index contributed by atoms with van der Waals surface area (Å²) in [6.45, 7) is -0.716. The molecule has 0 unspecified atom stereocenters.